The van der Waals surface area contributed by atoms with Crippen molar-refractivity contribution in [1.82, 2.24) is 27.7 Å². The average Bonchev–Trinajstić information content (AvgIpc) is 3.70. The van der Waals surface area contributed by atoms with Gasteiger partial charge in [-0.1, -0.05) is 46.7 Å². The number of alkyl halides is 4. The first-order chi connectivity index (χ1) is 28.3. The molecule has 2 saturated carbocycles. The van der Waals surface area contributed by atoms with Crippen LogP contribution < -0.4 is 5.73 Å². The maximum absolute atomic E-state index is 13.6. The molecule has 13 nitrogen and oxygen atoms in total. The molecule has 4 aliphatic rings. The van der Waals surface area contributed by atoms with Crippen molar-refractivity contribution >= 4 is 42.1 Å². The number of fused-ring (bicyclic) bond motifs is 2. The van der Waals surface area contributed by atoms with Gasteiger partial charge in [0.15, 0.2) is 0 Å². The molecule has 2 aromatic carbocycles. The van der Waals surface area contributed by atoms with Crippen molar-refractivity contribution in [2.24, 2.45) is 22.7 Å². The fraction of sp³-hybridized carbons (Fsp3) is 0.667. The SMILES string of the molecule is CC(C)(C)c1nc2cc(S(=O)(=O)N3CC(N)C3)ccc2n1CC1CCC(F)(F)CC1.CC(C)(C)c1nc2cc(S(=O)(=O)N3CC(N=O)C3)ccc2n1CC1CCC(F)(F)CC1. The van der Waals surface area contributed by atoms with Crippen LogP contribution >= 0.6 is 0 Å². The van der Waals surface area contributed by atoms with Gasteiger partial charge >= 0.3 is 0 Å². The van der Waals surface area contributed by atoms with Crippen LogP contribution in [0, 0.1) is 16.7 Å². The van der Waals surface area contributed by atoms with Gasteiger partial charge < -0.3 is 14.9 Å². The zero-order chi connectivity index (χ0) is 44.5. The first-order valence-electron chi connectivity index (χ1n) is 21.1. The van der Waals surface area contributed by atoms with Crippen molar-refractivity contribution in [2.75, 3.05) is 26.2 Å². The minimum absolute atomic E-state index is 0.0739. The van der Waals surface area contributed by atoms with E-state index in [2.05, 4.69) is 35.1 Å². The summed E-state index contributed by atoms with van der Waals surface area (Å²) in [4.78, 5) is 20.4. The predicted molar refractivity (Wildman–Crippen MR) is 226 cm³/mol. The van der Waals surface area contributed by atoms with E-state index in [0.717, 1.165) is 22.7 Å². The third-order valence-electron chi connectivity index (χ3n) is 12.5. The van der Waals surface area contributed by atoms with Gasteiger partial charge in [-0.15, -0.1) is 0 Å². The maximum Gasteiger partial charge on any atom is 0.248 e. The summed E-state index contributed by atoms with van der Waals surface area (Å²) in [5.74, 6) is -3.18. The number of hydrogen-bond acceptors (Lipinski definition) is 9. The van der Waals surface area contributed by atoms with Gasteiger partial charge in [-0.3, -0.25) is 0 Å². The maximum atomic E-state index is 13.6. The summed E-state index contributed by atoms with van der Waals surface area (Å²) in [5, 5.41) is 2.89. The number of sulfonamides is 2. The van der Waals surface area contributed by atoms with Gasteiger partial charge in [0.1, 0.15) is 17.7 Å². The molecule has 2 aliphatic carbocycles. The zero-order valence-electron chi connectivity index (χ0n) is 35.8. The summed E-state index contributed by atoms with van der Waals surface area (Å²) in [5.41, 5.74) is 8.02. The van der Waals surface area contributed by atoms with Crippen LogP contribution in [-0.2, 0) is 44.0 Å². The number of imidazole rings is 2. The number of aromatic nitrogens is 4. The van der Waals surface area contributed by atoms with Gasteiger partial charge in [-0.25, -0.2) is 44.4 Å². The first kappa shape index (κ1) is 45.5. The molecule has 19 heteroatoms. The Morgan fingerprint density at radius 2 is 1.02 bits per heavy atom. The van der Waals surface area contributed by atoms with Gasteiger partial charge in [-0.2, -0.15) is 13.5 Å². The van der Waals surface area contributed by atoms with E-state index in [1.54, 1.807) is 36.4 Å². The zero-order valence-corrected chi connectivity index (χ0v) is 37.4. The lowest BCUT2D eigenvalue weighted by molar-refractivity contribution is -0.0478. The van der Waals surface area contributed by atoms with Gasteiger partial charge in [0, 0.05) is 81.8 Å². The molecule has 2 aromatic heterocycles. The van der Waals surface area contributed by atoms with Crippen molar-refractivity contribution in [2.45, 2.75) is 151 Å². The van der Waals surface area contributed by atoms with Gasteiger partial charge in [-0.05, 0) is 73.9 Å². The van der Waals surface area contributed by atoms with E-state index in [-0.39, 0.29) is 77.3 Å². The second kappa shape index (κ2) is 16.2. The molecule has 0 bridgehead atoms. The molecule has 4 heterocycles. The topological polar surface area (TPSA) is 166 Å². The quantitative estimate of drug-likeness (QED) is 0.131. The summed E-state index contributed by atoms with van der Waals surface area (Å²) in [7, 11) is -7.30. The summed E-state index contributed by atoms with van der Waals surface area (Å²) >= 11 is 0. The second-order valence-electron chi connectivity index (χ2n) is 19.7. The summed E-state index contributed by atoms with van der Waals surface area (Å²) in [6.07, 6.45) is 1.56. The highest BCUT2D eigenvalue weighted by molar-refractivity contribution is 7.89. The van der Waals surface area contributed by atoms with E-state index in [1.165, 1.54) is 8.61 Å². The largest absolute Gasteiger partial charge is 0.327 e. The lowest BCUT2D eigenvalue weighted by atomic mass is 9.86. The highest BCUT2D eigenvalue weighted by Gasteiger charge is 2.40. The summed E-state index contributed by atoms with van der Waals surface area (Å²) in [6.45, 7) is 14.3. The molecule has 0 unspecified atom stereocenters. The normalized spacial score (nSPS) is 21.6. The van der Waals surface area contributed by atoms with E-state index in [1.807, 2.05) is 20.8 Å². The van der Waals surface area contributed by atoms with Crippen LogP contribution in [0.4, 0.5) is 17.6 Å². The van der Waals surface area contributed by atoms with Crippen molar-refractivity contribution in [3.05, 3.63) is 53.0 Å². The van der Waals surface area contributed by atoms with Crippen LogP contribution in [0.25, 0.3) is 22.1 Å². The highest BCUT2D eigenvalue weighted by Crippen LogP contribution is 2.40. The van der Waals surface area contributed by atoms with E-state index >= 15 is 0 Å². The van der Waals surface area contributed by atoms with Gasteiger partial charge in [0.05, 0.1) is 31.9 Å². The third kappa shape index (κ3) is 9.55. The van der Waals surface area contributed by atoms with Crippen LogP contribution in [0.2, 0.25) is 0 Å². The van der Waals surface area contributed by atoms with E-state index in [0.29, 0.717) is 62.9 Å². The van der Waals surface area contributed by atoms with Gasteiger partial charge in [0.2, 0.25) is 31.9 Å². The highest BCUT2D eigenvalue weighted by atomic mass is 32.2. The molecule has 2 saturated heterocycles. The Hall–Kier alpha value is -3.52. The van der Waals surface area contributed by atoms with Crippen molar-refractivity contribution < 1.29 is 34.4 Å². The van der Waals surface area contributed by atoms with Crippen LogP contribution in [0.3, 0.4) is 0 Å². The smallest absolute Gasteiger partial charge is 0.248 e. The van der Waals surface area contributed by atoms with E-state index in [4.69, 9.17) is 15.7 Å². The van der Waals surface area contributed by atoms with Crippen molar-refractivity contribution in [1.29, 1.82) is 0 Å². The molecule has 4 aromatic rings. The molecule has 0 atom stereocenters. The number of rotatable bonds is 9. The lowest BCUT2D eigenvalue weighted by Crippen LogP contribution is -2.57. The molecule has 2 aliphatic heterocycles. The molecule has 0 spiro atoms. The van der Waals surface area contributed by atoms with Crippen LogP contribution in [0.5, 0.6) is 0 Å². The molecule has 2 N–H and O–H groups in total. The van der Waals surface area contributed by atoms with E-state index < -0.39 is 37.9 Å². The number of nitrogens with zero attached hydrogens (tertiary/aromatic N) is 7. The first-order valence-corrected chi connectivity index (χ1v) is 24.0. The van der Waals surface area contributed by atoms with E-state index in [9.17, 15) is 39.3 Å². The minimum atomic E-state index is -3.71. The molecule has 336 valence electrons. The molecular formula is C42H58F4N8O5S2. The Kier molecular flexibility index (Phi) is 12.1. The summed E-state index contributed by atoms with van der Waals surface area (Å²) < 4.78 is 112. The Balaban J connectivity index is 0.000000184. The average molecular weight is 895 g/mol. The molecule has 61 heavy (non-hydrogen) atoms. The van der Waals surface area contributed by atoms with Gasteiger partial charge in [0.25, 0.3) is 0 Å². The Morgan fingerprint density at radius 3 is 1.34 bits per heavy atom. The van der Waals surface area contributed by atoms with Crippen molar-refractivity contribution in [3.63, 3.8) is 0 Å². The predicted octanol–water partition coefficient (Wildman–Crippen LogP) is 7.79. The fourth-order valence-electron chi connectivity index (χ4n) is 8.78. The van der Waals surface area contributed by atoms with Crippen LogP contribution in [-0.4, -0.2) is 94.7 Å². The Bertz CT molecular complexity index is 2480. The molecule has 4 fully saturated rings. The fourth-order valence-corrected chi connectivity index (χ4v) is 11.9. The molecule has 0 amide bonds. The number of nitroso groups, excluding NO2 is 1. The Labute approximate surface area is 355 Å². The molecule has 8 rings (SSSR count). The van der Waals surface area contributed by atoms with Crippen molar-refractivity contribution in [3.8, 4) is 0 Å². The Morgan fingerprint density at radius 1 is 0.656 bits per heavy atom. The minimum Gasteiger partial charge on any atom is -0.327 e. The molecular weight excluding hydrogens is 837 g/mol. The van der Waals surface area contributed by atoms with Crippen LogP contribution in [0.15, 0.2) is 51.4 Å². The number of benzene rings is 2. The lowest BCUT2D eigenvalue weighted by Gasteiger charge is -2.35. The van der Waals surface area contributed by atoms with Crippen LogP contribution in [0.1, 0.15) is 105 Å². The number of hydrogen-bond donors (Lipinski definition) is 1. The number of nitrogens with two attached hydrogens (primary N) is 1. The molecule has 0 radical (unpaired) electrons. The monoisotopic (exact) mass is 894 g/mol. The third-order valence-corrected chi connectivity index (χ3v) is 16.1. The second-order valence-corrected chi connectivity index (χ2v) is 23.5. The standard InChI is InChI=1S/C21H28F2N4O3S.C21H30F2N4O2S/c1-20(2,3)19-24-17-10-16(31(29,30)26-12-15(13-26)25-28)4-5-18(17)27(19)11-14-6-8-21(22,23)9-7-14;1-20(2,3)19-25-17-10-16(30(28,29)26-12-15(24)13-26)4-5-18(17)27(19)11-14-6-8-21(22,23)9-7-14/h4-5,10,14-15H,6-9,11-13H2,1-3H3;4-5,10,14-15H,6-9,11-13,24H2,1-3H3. The summed E-state index contributed by atoms with van der Waals surface area (Å²) in [6, 6.07) is 9.28. The number of halogens is 4.